The van der Waals surface area contributed by atoms with E-state index in [1.807, 2.05) is 0 Å². The molecule has 0 bridgehead atoms. The fourth-order valence-electron chi connectivity index (χ4n) is 1.45. The molecule has 2 N–H and O–H groups in total. The molecule has 7 heteroatoms. The van der Waals surface area contributed by atoms with Crippen LogP contribution in [-0.4, -0.2) is 6.03 Å². The smallest absolute Gasteiger partial charge is 0.308 e. The van der Waals surface area contributed by atoms with E-state index >= 15 is 0 Å². The first kappa shape index (κ1) is 14.2. The van der Waals surface area contributed by atoms with Crippen LogP contribution in [0.2, 0.25) is 5.02 Å². The Bertz CT molecular complexity index is 664. The minimum Gasteiger partial charge on any atom is -0.308 e. The first-order valence-corrected chi connectivity index (χ1v) is 5.81. The predicted molar refractivity (Wildman–Crippen MR) is 70.4 cm³/mol. The lowest BCUT2D eigenvalue weighted by Crippen LogP contribution is -2.20. The Balaban J connectivity index is 2.07. The van der Waals surface area contributed by atoms with E-state index < -0.39 is 23.5 Å². The quantitative estimate of drug-likeness (QED) is 0.848. The zero-order chi connectivity index (χ0) is 14.7. The van der Waals surface area contributed by atoms with Crippen LogP contribution in [0.15, 0.2) is 36.4 Å². The Morgan fingerprint density at radius 1 is 0.950 bits per heavy atom. The molecular weight excluding hydrogens is 293 g/mol. The van der Waals surface area contributed by atoms with Crippen molar-refractivity contribution in [2.45, 2.75) is 0 Å². The topological polar surface area (TPSA) is 41.1 Å². The molecule has 0 aromatic heterocycles. The molecule has 2 aromatic rings. The van der Waals surface area contributed by atoms with Crippen LogP contribution in [0, 0.1) is 17.5 Å². The van der Waals surface area contributed by atoms with Gasteiger partial charge in [0.1, 0.15) is 17.5 Å². The Morgan fingerprint density at radius 2 is 1.70 bits per heavy atom. The van der Waals surface area contributed by atoms with Crippen LogP contribution in [0.5, 0.6) is 0 Å². The van der Waals surface area contributed by atoms with Crippen molar-refractivity contribution in [2.24, 2.45) is 0 Å². The second-order valence-corrected chi connectivity index (χ2v) is 4.24. The molecule has 20 heavy (non-hydrogen) atoms. The van der Waals surface area contributed by atoms with Crippen molar-refractivity contribution in [3.8, 4) is 0 Å². The Kier molecular flexibility index (Phi) is 4.14. The summed E-state index contributed by atoms with van der Waals surface area (Å²) in [7, 11) is 0. The van der Waals surface area contributed by atoms with Gasteiger partial charge in [0, 0.05) is 11.8 Å². The number of carbonyl (C=O) groups excluding carboxylic acids is 1. The maximum absolute atomic E-state index is 13.3. The fraction of sp³-hybridized carbons (Fsp3) is 0. The Hall–Kier alpha value is -2.21. The second-order valence-electron chi connectivity index (χ2n) is 3.83. The number of amides is 2. The van der Waals surface area contributed by atoms with Gasteiger partial charge < -0.3 is 10.6 Å². The molecular formula is C13H8ClF3N2O. The minimum absolute atomic E-state index is 0.157. The molecule has 2 aromatic carbocycles. The molecule has 0 saturated carbocycles. The summed E-state index contributed by atoms with van der Waals surface area (Å²) in [4.78, 5) is 11.6. The van der Waals surface area contributed by atoms with E-state index in [2.05, 4.69) is 10.6 Å². The Labute approximate surface area is 117 Å². The molecule has 0 heterocycles. The summed E-state index contributed by atoms with van der Waals surface area (Å²) in [6.07, 6.45) is 0. The van der Waals surface area contributed by atoms with Crippen LogP contribution < -0.4 is 10.6 Å². The van der Waals surface area contributed by atoms with Gasteiger partial charge in [0.2, 0.25) is 0 Å². The maximum atomic E-state index is 13.3. The predicted octanol–water partition coefficient (Wildman–Crippen LogP) is 4.40. The van der Waals surface area contributed by atoms with E-state index in [4.69, 9.17) is 11.6 Å². The lowest BCUT2D eigenvalue weighted by molar-refractivity contribution is 0.262. The average molecular weight is 301 g/mol. The van der Waals surface area contributed by atoms with Crippen LogP contribution in [0.25, 0.3) is 0 Å². The lowest BCUT2D eigenvalue weighted by atomic mass is 10.3. The van der Waals surface area contributed by atoms with Crippen LogP contribution in [0.3, 0.4) is 0 Å². The molecule has 0 aliphatic carbocycles. The molecule has 0 unspecified atom stereocenters. The molecule has 2 amide bonds. The summed E-state index contributed by atoms with van der Waals surface area (Å²) < 4.78 is 38.9. The zero-order valence-electron chi connectivity index (χ0n) is 9.88. The van der Waals surface area contributed by atoms with E-state index in [1.165, 1.54) is 12.1 Å². The van der Waals surface area contributed by atoms with Gasteiger partial charge in [0.25, 0.3) is 0 Å². The van der Waals surface area contributed by atoms with Gasteiger partial charge in [-0.2, -0.15) is 0 Å². The first-order valence-electron chi connectivity index (χ1n) is 5.44. The van der Waals surface area contributed by atoms with Crippen LogP contribution in [-0.2, 0) is 0 Å². The van der Waals surface area contributed by atoms with Gasteiger partial charge in [-0.15, -0.1) is 0 Å². The van der Waals surface area contributed by atoms with E-state index in [-0.39, 0.29) is 16.4 Å². The van der Waals surface area contributed by atoms with E-state index in [0.717, 1.165) is 18.2 Å². The highest BCUT2D eigenvalue weighted by molar-refractivity contribution is 6.31. The van der Waals surface area contributed by atoms with Gasteiger partial charge in [-0.05, 0) is 30.3 Å². The van der Waals surface area contributed by atoms with Gasteiger partial charge in [0.15, 0.2) is 0 Å². The van der Waals surface area contributed by atoms with Crippen LogP contribution >= 0.6 is 11.6 Å². The molecule has 0 spiro atoms. The number of hydrogen-bond donors (Lipinski definition) is 2. The van der Waals surface area contributed by atoms with Crippen molar-refractivity contribution >= 4 is 29.0 Å². The minimum atomic E-state index is -0.905. The van der Waals surface area contributed by atoms with E-state index in [0.29, 0.717) is 6.07 Å². The molecule has 0 atom stereocenters. The molecule has 0 radical (unpaired) electrons. The lowest BCUT2D eigenvalue weighted by Gasteiger charge is -2.09. The molecule has 3 nitrogen and oxygen atoms in total. The maximum Gasteiger partial charge on any atom is 0.323 e. The molecule has 0 saturated heterocycles. The van der Waals surface area contributed by atoms with Crippen LogP contribution in [0.4, 0.5) is 29.3 Å². The highest BCUT2D eigenvalue weighted by atomic mass is 35.5. The highest BCUT2D eigenvalue weighted by Gasteiger charge is 2.09. The molecule has 0 aliphatic rings. The number of halogens is 4. The monoisotopic (exact) mass is 300 g/mol. The second kappa shape index (κ2) is 5.83. The number of hydrogen-bond acceptors (Lipinski definition) is 1. The summed E-state index contributed by atoms with van der Waals surface area (Å²) in [6.45, 7) is 0. The van der Waals surface area contributed by atoms with Crippen molar-refractivity contribution in [3.63, 3.8) is 0 Å². The largest absolute Gasteiger partial charge is 0.323 e. The number of urea groups is 1. The number of benzene rings is 2. The zero-order valence-corrected chi connectivity index (χ0v) is 10.6. The van der Waals surface area contributed by atoms with Gasteiger partial charge in [-0.1, -0.05) is 11.6 Å². The number of rotatable bonds is 2. The van der Waals surface area contributed by atoms with Gasteiger partial charge in [-0.25, -0.2) is 18.0 Å². The summed E-state index contributed by atoms with van der Waals surface area (Å²) in [6, 6.07) is 5.55. The normalized spacial score (nSPS) is 10.2. The van der Waals surface area contributed by atoms with Crippen LogP contribution in [0.1, 0.15) is 0 Å². The van der Waals surface area contributed by atoms with Gasteiger partial charge in [-0.3, -0.25) is 0 Å². The summed E-state index contributed by atoms with van der Waals surface area (Å²) in [5.41, 5.74) is 0.0496. The van der Waals surface area contributed by atoms with E-state index in [9.17, 15) is 18.0 Å². The first-order chi connectivity index (χ1) is 9.45. The third-order valence-electron chi connectivity index (χ3n) is 2.36. The third-order valence-corrected chi connectivity index (χ3v) is 2.65. The third kappa shape index (κ3) is 3.42. The van der Waals surface area contributed by atoms with Crippen molar-refractivity contribution in [1.82, 2.24) is 0 Å². The number of anilines is 2. The summed E-state index contributed by atoms with van der Waals surface area (Å²) in [5, 5.41) is 4.37. The van der Waals surface area contributed by atoms with Crippen molar-refractivity contribution < 1.29 is 18.0 Å². The van der Waals surface area contributed by atoms with Gasteiger partial charge >= 0.3 is 6.03 Å². The molecule has 0 fully saturated rings. The van der Waals surface area contributed by atoms with Crippen molar-refractivity contribution in [3.05, 3.63) is 58.9 Å². The van der Waals surface area contributed by atoms with E-state index in [1.54, 1.807) is 0 Å². The summed E-state index contributed by atoms with van der Waals surface area (Å²) in [5.74, 6) is -2.28. The highest BCUT2D eigenvalue weighted by Crippen LogP contribution is 2.20. The SMILES string of the molecule is O=C(Nc1ccc(F)c(Cl)c1)Nc1ccc(F)cc1F. The standard InChI is InChI=1S/C13H8ClF3N2O/c14-9-6-8(2-3-10(9)16)18-13(20)19-12-4-1-7(15)5-11(12)17/h1-6H,(H2,18,19,20). The average Bonchev–Trinajstić information content (AvgIpc) is 2.37. The number of nitrogens with one attached hydrogen (secondary N) is 2. The number of carbonyl (C=O) groups is 1. The Morgan fingerprint density at radius 3 is 2.35 bits per heavy atom. The van der Waals surface area contributed by atoms with Gasteiger partial charge in [0.05, 0.1) is 10.7 Å². The fourth-order valence-corrected chi connectivity index (χ4v) is 1.63. The van der Waals surface area contributed by atoms with Crippen molar-refractivity contribution in [2.75, 3.05) is 10.6 Å². The summed E-state index contributed by atoms with van der Waals surface area (Å²) >= 11 is 5.55. The molecule has 0 aliphatic heterocycles. The molecule has 2 rings (SSSR count). The molecule has 104 valence electrons. The van der Waals surface area contributed by atoms with Crippen molar-refractivity contribution in [1.29, 1.82) is 0 Å².